The Balaban J connectivity index is 1.20. The number of amides is 1. The van der Waals surface area contributed by atoms with E-state index in [0.717, 1.165) is 19.3 Å². The monoisotopic (exact) mass is 583 g/mol. The average Bonchev–Trinajstić information content (AvgIpc) is 3.39. The van der Waals surface area contributed by atoms with Crippen molar-refractivity contribution >= 4 is 33.1 Å². The third-order valence-electron chi connectivity index (χ3n) is 8.33. The molecule has 2 heterocycles. The van der Waals surface area contributed by atoms with Crippen LogP contribution in [0.15, 0.2) is 41.4 Å². The molecule has 0 unspecified atom stereocenters. The maximum absolute atomic E-state index is 13.2. The Kier molecular flexibility index (Phi) is 6.55. The molecule has 2 N–H and O–H groups in total. The standard InChI is InChI=1S/C26H29N7O7S/c1-39-22-10-21(28-25(29-22)40-2)31-41(37,38)19-5-3-18(4-6-19)27-24(34)23-20(33(35)36)14-32(30-23)26-11-15-7-16(12-26)9-17(8-15)13-26/h3-6,10,14-17H,7-9,11-13H2,1-2H3,(H,27,34)(H,28,29,31). The predicted octanol–water partition coefficient (Wildman–Crippen LogP) is 3.58. The molecule has 2 aromatic heterocycles. The fourth-order valence-corrected chi connectivity index (χ4v) is 8.00. The van der Waals surface area contributed by atoms with Crippen LogP contribution in [-0.4, -0.2) is 53.2 Å². The minimum absolute atomic E-state index is 0.0620. The summed E-state index contributed by atoms with van der Waals surface area (Å²) < 4.78 is 39.8. The smallest absolute Gasteiger partial charge is 0.321 e. The highest BCUT2D eigenvalue weighted by Gasteiger charge is 2.53. The third-order valence-corrected chi connectivity index (χ3v) is 9.70. The first-order valence-electron chi connectivity index (χ1n) is 13.2. The number of anilines is 2. The molecule has 4 fully saturated rings. The molecule has 4 saturated carbocycles. The number of methoxy groups -OCH3 is 2. The van der Waals surface area contributed by atoms with Gasteiger partial charge in [-0.3, -0.25) is 24.3 Å². The molecular weight excluding hydrogens is 554 g/mol. The molecule has 1 amide bonds. The average molecular weight is 584 g/mol. The predicted molar refractivity (Wildman–Crippen MR) is 145 cm³/mol. The van der Waals surface area contributed by atoms with E-state index in [9.17, 15) is 23.3 Å². The van der Waals surface area contributed by atoms with Crippen LogP contribution in [0.2, 0.25) is 0 Å². The van der Waals surface area contributed by atoms with E-state index in [0.29, 0.717) is 17.8 Å². The summed E-state index contributed by atoms with van der Waals surface area (Å²) in [7, 11) is -1.36. The van der Waals surface area contributed by atoms with Crippen molar-refractivity contribution in [1.82, 2.24) is 19.7 Å². The van der Waals surface area contributed by atoms with Crippen molar-refractivity contribution in [2.45, 2.75) is 49.0 Å². The van der Waals surface area contributed by atoms with Gasteiger partial charge in [0.15, 0.2) is 5.82 Å². The Morgan fingerprint density at radius 3 is 2.24 bits per heavy atom. The van der Waals surface area contributed by atoms with E-state index < -0.39 is 20.9 Å². The van der Waals surface area contributed by atoms with Crippen molar-refractivity contribution in [3.8, 4) is 11.9 Å². The maximum Gasteiger partial charge on any atom is 0.321 e. The number of carbonyl (C=O) groups excluding carboxylic acids is 1. The van der Waals surface area contributed by atoms with Crippen LogP contribution in [-0.2, 0) is 15.6 Å². The molecule has 0 saturated heterocycles. The number of carbonyl (C=O) groups is 1. The fraction of sp³-hybridized carbons (Fsp3) is 0.462. The highest BCUT2D eigenvalue weighted by molar-refractivity contribution is 7.92. The molecule has 1 aromatic carbocycles. The summed E-state index contributed by atoms with van der Waals surface area (Å²) >= 11 is 0. The summed E-state index contributed by atoms with van der Waals surface area (Å²) in [5.41, 5.74) is -0.648. The van der Waals surface area contributed by atoms with Gasteiger partial charge in [-0.15, -0.1) is 0 Å². The third kappa shape index (κ3) is 5.05. The first kappa shape index (κ1) is 26.9. The number of rotatable bonds is 9. The number of hydrogen-bond donors (Lipinski definition) is 2. The number of nitro groups is 1. The number of ether oxygens (including phenoxy) is 2. The summed E-state index contributed by atoms with van der Waals surface area (Å²) in [5.74, 6) is 1.10. The minimum Gasteiger partial charge on any atom is -0.481 e. The quantitative estimate of drug-likeness (QED) is 0.279. The van der Waals surface area contributed by atoms with E-state index in [2.05, 4.69) is 25.1 Å². The Morgan fingerprint density at radius 1 is 1.05 bits per heavy atom. The largest absolute Gasteiger partial charge is 0.481 e. The van der Waals surface area contributed by atoms with Crippen LogP contribution in [0.1, 0.15) is 49.0 Å². The van der Waals surface area contributed by atoms with Gasteiger partial charge in [0, 0.05) is 11.8 Å². The van der Waals surface area contributed by atoms with Crippen molar-refractivity contribution < 1.29 is 27.6 Å². The summed E-state index contributed by atoms with van der Waals surface area (Å²) in [6.07, 6.45) is 7.81. The molecule has 216 valence electrons. The minimum atomic E-state index is -4.07. The van der Waals surface area contributed by atoms with Gasteiger partial charge < -0.3 is 14.8 Å². The SMILES string of the molecule is COc1cc(NS(=O)(=O)c2ccc(NC(=O)c3nn(C45CC6CC(CC(C6)C4)C5)cc3[N+](=O)[O-])cc2)nc(OC)n1. The molecule has 41 heavy (non-hydrogen) atoms. The summed E-state index contributed by atoms with van der Waals surface area (Å²) in [4.78, 5) is 32.2. The first-order valence-corrected chi connectivity index (χ1v) is 14.7. The van der Waals surface area contributed by atoms with Gasteiger partial charge in [0.2, 0.25) is 11.6 Å². The zero-order valence-electron chi connectivity index (χ0n) is 22.4. The van der Waals surface area contributed by atoms with Crippen LogP contribution in [0.25, 0.3) is 0 Å². The van der Waals surface area contributed by atoms with E-state index in [1.54, 1.807) is 4.68 Å². The molecular formula is C26H29N7O7S. The number of nitrogens with zero attached hydrogens (tertiary/aromatic N) is 5. The van der Waals surface area contributed by atoms with Crippen LogP contribution in [0.4, 0.5) is 17.2 Å². The van der Waals surface area contributed by atoms with Crippen LogP contribution >= 0.6 is 0 Å². The second-order valence-corrected chi connectivity index (χ2v) is 12.8. The van der Waals surface area contributed by atoms with Gasteiger partial charge in [0.05, 0.1) is 29.6 Å². The highest BCUT2D eigenvalue weighted by atomic mass is 32.2. The Hall–Kier alpha value is -4.27. The van der Waals surface area contributed by atoms with Gasteiger partial charge in [0.25, 0.3) is 15.9 Å². The van der Waals surface area contributed by atoms with Gasteiger partial charge >= 0.3 is 11.7 Å². The number of hydrogen-bond acceptors (Lipinski definition) is 10. The van der Waals surface area contributed by atoms with Crippen LogP contribution in [0, 0.1) is 27.9 Å². The number of benzene rings is 1. The summed E-state index contributed by atoms with van der Waals surface area (Å²) in [5, 5.41) is 19.0. The lowest BCUT2D eigenvalue weighted by Gasteiger charge is -2.56. The molecule has 0 spiro atoms. The van der Waals surface area contributed by atoms with Crippen molar-refractivity contribution in [3.05, 3.63) is 52.3 Å². The first-order chi connectivity index (χ1) is 19.6. The van der Waals surface area contributed by atoms with E-state index in [-0.39, 0.29) is 45.2 Å². The maximum atomic E-state index is 13.2. The van der Waals surface area contributed by atoms with Crippen LogP contribution in [0.3, 0.4) is 0 Å². The normalized spacial score (nSPS) is 24.6. The Labute approximate surface area is 235 Å². The second-order valence-electron chi connectivity index (χ2n) is 11.1. The van der Waals surface area contributed by atoms with E-state index >= 15 is 0 Å². The van der Waals surface area contributed by atoms with E-state index in [1.807, 2.05) is 0 Å². The van der Waals surface area contributed by atoms with Crippen molar-refractivity contribution in [2.75, 3.05) is 24.3 Å². The van der Waals surface area contributed by atoms with Crippen molar-refractivity contribution in [3.63, 3.8) is 0 Å². The molecule has 15 heteroatoms. The van der Waals surface area contributed by atoms with Gasteiger partial charge in [-0.2, -0.15) is 15.1 Å². The molecule has 4 bridgehead atoms. The molecule has 3 aromatic rings. The van der Waals surface area contributed by atoms with Crippen molar-refractivity contribution in [1.29, 1.82) is 0 Å². The molecule has 4 aliphatic carbocycles. The topological polar surface area (TPSA) is 180 Å². The van der Waals surface area contributed by atoms with Crippen molar-refractivity contribution in [2.24, 2.45) is 17.8 Å². The van der Waals surface area contributed by atoms with E-state index in [1.165, 1.54) is 70.0 Å². The zero-order chi connectivity index (χ0) is 28.9. The molecule has 0 aliphatic heterocycles. The molecule has 0 radical (unpaired) electrons. The lowest BCUT2D eigenvalue weighted by Crippen LogP contribution is -2.52. The molecule has 0 atom stereocenters. The lowest BCUT2D eigenvalue weighted by atomic mass is 9.53. The second kappa shape index (κ2) is 9.98. The van der Waals surface area contributed by atoms with Gasteiger partial charge in [-0.1, -0.05) is 0 Å². The Morgan fingerprint density at radius 2 is 1.68 bits per heavy atom. The summed E-state index contributed by atoms with van der Waals surface area (Å²) in [6, 6.07) is 6.56. The highest BCUT2D eigenvalue weighted by Crippen LogP contribution is 2.58. The van der Waals surface area contributed by atoms with Crippen LogP contribution < -0.4 is 19.5 Å². The van der Waals surface area contributed by atoms with Gasteiger partial charge in [0.1, 0.15) is 6.20 Å². The van der Waals surface area contributed by atoms with Crippen LogP contribution in [0.5, 0.6) is 11.9 Å². The molecule has 4 aliphatic rings. The molecule has 14 nitrogen and oxygen atoms in total. The number of aromatic nitrogens is 4. The molecule has 7 rings (SSSR count). The number of sulfonamides is 1. The zero-order valence-corrected chi connectivity index (χ0v) is 23.3. The fourth-order valence-electron chi connectivity index (χ4n) is 7.00. The summed E-state index contributed by atoms with van der Waals surface area (Å²) in [6.45, 7) is 0. The van der Waals surface area contributed by atoms with Gasteiger partial charge in [-0.25, -0.2) is 8.42 Å². The van der Waals surface area contributed by atoms with Gasteiger partial charge in [-0.05, 0) is 80.5 Å². The Bertz CT molecular complexity index is 1560. The number of nitrogens with one attached hydrogen (secondary N) is 2. The lowest BCUT2D eigenvalue weighted by molar-refractivity contribution is -0.385. The van der Waals surface area contributed by atoms with E-state index in [4.69, 9.17) is 9.47 Å².